The normalized spacial score (nSPS) is 10.0. The quantitative estimate of drug-likeness (QED) is 0.686. The van der Waals surface area contributed by atoms with Crippen LogP contribution in [0.25, 0.3) is 11.1 Å². The first-order chi connectivity index (χ1) is 13.2. The van der Waals surface area contributed by atoms with Gasteiger partial charge in [-0.15, -0.1) is 0 Å². The molecule has 0 unspecified atom stereocenters. The molecule has 3 N–H and O–H groups in total. The molecule has 2 aromatic carbocycles. The highest BCUT2D eigenvalue weighted by molar-refractivity contribution is 7.98. The fraction of sp³-hybridized carbons (Fsp3) is 0.0952. The number of aromatic nitrogens is 1. The zero-order valence-electron chi connectivity index (χ0n) is 14.7. The van der Waals surface area contributed by atoms with Crippen molar-refractivity contribution in [3.05, 3.63) is 71.3 Å². The number of hydrogen-bond acceptors (Lipinski definition) is 5. The number of aromatic amines is 1. The van der Waals surface area contributed by atoms with Crippen molar-refractivity contribution < 1.29 is 9.72 Å². The molecule has 0 spiro atoms. The second kappa shape index (κ2) is 8.27. The van der Waals surface area contributed by atoms with Crippen molar-refractivity contribution in [3.8, 4) is 29.0 Å². The van der Waals surface area contributed by atoms with Crippen LogP contribution in [0.4, 0.5) is 5.82 Å². The van der Waals surface area contributed by atoms with Gasteiger partial charge in [-0.1, -0.05) is 54.2 Å². The molecule has 0 atom stereocenters. The van der Waals surface area contributed by atoms with Gasteiger partial charge in [-0.2, -0.15) is 10.5 Å². The zero-order chi connectivity index (χ0) is 19.2. The molecular formula is C21H17N4OS+. The van der Waals surface area contributed by atoms with Gasteiger partial charge in [0.05, 0.1) is 0 Å². The molecule has 0 aliphatic rings. The van der Waals surface area contributed by atoms with Crippen molar-refractivity contribution >= 4 is 17.6 Å². The van der Waals surface area contributed by atoms with Crippen LogP contribution in [0.2, 0.25) is 0 Å². The highest BCUT2D eigenvalue weighted by atomic mass is 32.2. The molecule has 3 aromatic rings. The first-order valence-electron chi connectivity index (χ1n) is 8.18. The summed E-state index contributed by atoms with van der Waals surface area (Å²) in [7, 11) is 0. The molecule has 0 bridgehead atoms. The summed E-state index contributed by atoms with van der Waals surface area (Å²) < 4.78 is 5.80. The molecule has 1 aromatic heterocycles. The van der Waals surface area contributed by atoms with Gasteiger partial charge in [-0.3, -0.25) is 5.73 Å². The zero-order valence-corrected chi connectivity index (χ0v) is 15.5. The summed E-state index contributed by atoms with van der Waals surface area (Å²) in [5, 5.41) is 19.8. The number of nitrogens with one attached hydrogen (secondary N) is 1. The number of hydrogen-bond donors (Lipinski definition) is 1. The fourth-order valence-electron chi connectivity index (χ4n) is 2.74. The van der Waals surface area contributed by atoms with Crippen LogP contribution >= 0.6 is 11.8 Å². The minimum absolute atomic E-state index is 0.250. The van der Waals surface area contributed by atoms with Gasteiger partial charge in [0.2, 0.25) is 0 Å². The second-order valence-electron chi connectivity index (χ2n) is 5.72. The maximum Gasteiger partial charge on any atom is 0.289 e. The molecule has 0 fully saturated rings. The van der Waals surface area contributed by atoms with Crippen LogP contribution in [0.3, 0.4) is 0 Å². The smallest absolute Gasteiger partial charge is 0.289 e. The standard InChI is InChI=1S/C21H16N4OS/c1-27-21-18(12-23)19(17(11-22)20(24)25-21)15-7-9-16(10-8-15)26-13-14-5-3-2-4-6-14/h2-10H,13H2,1H3,(H2,24,25)/p+1. The lowest BCUT2D eigenvalue weighted by Gasteiger charge is -2.11. The second-order valence-corrected chi connectivity index (χ2v) is 6.54. The molecule has 0 radical (unpaired) electrons. The van der Waals surface area contributed by atoms with E-state index in [0.717, 1.165) is 11.1 Å². The Balaban J connectivity index is 1.94. The molecular weight excluding hydrogens is 356 g/mol. The molecule has 6 heteroatoms. The van der Waals surface area contributed by atoms with Gasteiger partial charge in [0, 0.05) is 5.56 Å². The van der Waals surface area contributed by atoms with E-state index in [0.29, 0.717) is 28.5 Å². The van der Waals surface area contributed by atoms with Gasteiger partial charge in [-0.05, 0) is 29.5 Å². The number of nitrogens with two attached hydrogens (primary N) is 1. The molecule has 0 aliphatic carbocycles. The average molecular weight is 373 g/mol. The van der Waals surface area contributed by atoms with E-state index < -0.39 is 0 Å². The number of benzene rings is 2. The summed E-state index contributed by atoms with van der Waals surface area (Å²) >= 11 is 1.38. The lowest BCUT2D eigenvalue weighted by molar-refractivity contribution is -0.410. The molecule has 27 heavy (non-hydrogen) atoms. The number of anilines is 1. The van der Waals surface area contributed by atoms with Crippen LogP contribution in [0.5, 0.6) is 5.75 Å². The fourth-order valence-corrected chi connectivity index (χ4v) is 3.31. The van der Waals surface area contributed by atoms with Gasteiger partial charge in [-0.25, -0.2) is 4.98 Å². The molecule has 132 valence electrons. The Morgan fingerprint density at radius 1 is 1.00 bits per heavy atom. The van der Waals surface area contributed by atoms with E-state index in [1.165, 1.54) is 11.8 Å². The third-order valence-electron chi connectivity index (χ3n) is 4.06. The van der Waals surface area contributed by atoms with Gasteiger partial charge in [0.25, 0.3) is 5.82 Å². The van der Waals surface area contributed by atoms with Crippen molar-refractivity contribution in [3.63, 3.8) is 0 Å². The molecule has 3 rings (SSSR count). The summed E-state index contributed by atoms with van der Waals surface area (Å²) in [5.41, 5.74) is 9.02. The molecule has 0 amide bonds. The Hall–Kier alpha value is -3.48. The average Bonchev–Trinajstić information content (AvgIpc) is 2.72. The number of rotatable bonds is 5. The number of ether oxygens (including phenoxy) is 1. The van der Waals surface area contributed by atoms with E-state index in [1.54, 1.807) is 0 Å². The number of H-pyrrole nitrogens is 1. The van der Waals surface area contributed by atoms with Crippen LogP contribution in [0.1, 0.15) is 16.7 Å². The molecule has 0 saturated heterocycles. The van der Waals surface area contributed by atoms with Gasteiger partial charge < -0.3 is 4.74 Å². The summed E-state index contributed by atoms with van der Waals surface area (Å²) in [6.45, 7) is 0.469. The largest absolute Gasteiger partial charge is 0.489 e. The monoisotopic (exact) mass is 373 g/mol. The summed E-state index contributed by atoms with van der Waals surface area (Å²) in [6.07, 6.45) is 1.85. The Bertz CT molecular complexity index is 1040. The highest BCUT2D eigenvalue weighted by Gasteiger charge is 2.23. The van der Waals surface area contributed by atoms with Crippen LogP contribution < -0.4 is 15.5 Å². The van der Waals surface area contributed by atoms with E-state index in [1.807, 2.05) is 60.9 Å². The minimum Gasteiger partial charge on any atom is -0.489 e. The van der Waals surface area contributed by atoms with Crippen molar-refractivity contribution in [2.75, 3.05) is 12.0 Å². The van der Waals surface area contributed by atoms with E-state index in [-0.39, 0.29) is 11.4 Å². The first-order valence-corrected chi connectivity index (χ1v) is 9.40. The van der Waals surface area contributed by atoms with Gasteiger partial charge in [0.15, 0.2) is 5.03 Å². The predicted octanol–water partition coefficient (Wildman–Crippen LogP) is 3.79. The van der Waals surface area contributed by atoms with Crippen molar-refractivity contribution in [1.82, 2.24) is 0 Å². The molecule has 1 heterocycles. The van der Waals surface area contributed by atoms with Crippen LogP contribution in [-0.2, 0) is 6.61 Å². The maximum absolute atomic E-state index is 9.61. The summed E-state index contributed by atoms with van der Waals surface area (Å²) in [4.78, 5) is 2.93. The van der Waals surface area contributed by atoms with Crippen molar-refractivity contribution in [1.29, 1.82) is 10.5 Å². The van der Waals surface area contributed by atoms with E-state index in [9.17, 15) is 10.5 Å². The third-order valence-corrected chi connectivity index (χ3v) is 4.78. The third kappa shape index (κ3) is 3.87. The topological polar surface area (TPSA) is 97.0 Å². The number of pyridine rings is 1. The molecule has 0 aliphatic heterocycles. The van der Waals surface area contributed by atoms with Gasteiger partial charge in [0.1, 0.15) is 35.6 Å². The predicted molar refractivity (Wildman–Crippen MR) is 105 cm³/mol. The maximum atomic E-state index is 9.61. The Morgan fingerprint density at radius 3 is 2.26 bits per heavy atom. The lowest BCUT2D eigenvalue weighted by Crippen LogP contribution is -2.18. The van der Waals surface area contributed by atoms with Crippen molar-refractivity contribution in [2.24, 2.45) is 0 Å². The SMILES string of the molecule is CSc1[nH+]c(N)c(C#N)c(-c2ccc(OCc3ccccc3)cc2)c1C#N. The molecule has 5 nitrogen and oxygen atoms in total. The van der Waals surface area contributed by atoms with Crippen LogP contribution in [0, 0.1) is 22.7 Å². The number of thioether (sulfide) groups is 1. The van der Waals surface area contributed by atoms with Crippen molar-refractivity contribution in [2.45, 2.75) is 11.6 Å². The molecule has 0 saturated carbocycles. The Labute approximate surface area is 162 Å². The highest BCUT2D eigenvalue weighted by Crippen LogP contribution is 2.33. The summed E-state index contributed by atoms with van der Waals surface area (Å²) in [6, 6.07) is 21.5. The van der Waals surface area contributed by atoms with E-state index in [2.05, 4.69) is 17.1 Å². The summed E-state index contributed by atoms with van der Waals surface area (Å²) in [5.74, 6) is 0.959. The first kappa shape index (κ1) is 18.3. The van der Waals surface area contributed by atoms with E-state index in [4.69, 9.17) is 10.5 Å². The van der Waals surface area contributed by atoms with Gasteiger partial charge >= 0.3 is 0 Å². The number of nitrogens with zero attached hydrogens (tertiary/aromatic N) is 2. The van der Waals surface area contributed by atoms with Crippen LogP contribution in [-0.4, -0.2) is 6.26 Å². The number of nitriles is 2. The Kier molecular flexibility index (Phi) is 5.61. The minimum atomic E-state index is 0.250. The van der Waals surface area contributed by atoms with E-state index >= 15 is 0 Å². The Morgan fingerprint density at radius 2 is 1.67 bits per heavy atom. The lowest BCUT2D eigenvalue weighted by atomic mass is 9.97. The number of nitrogen functional groups attached to an aromatic ring is 1. The van der Waals surface area contributed by atoms with Crippen LogP contribution in [0.15, 0.2) is 59.6 Å².